The van der Waals surface area contributed by atoms with Crippen molar-refractivity contribution in [1.29, 1.82) is 0 Å². The molecule has 0 amide bonds. The normalized spacial score (nSPS) is 13.7. The summed E-state index contributed by atoms with van der Waals surface area (Å²) in [6.45, 7) is 0.701. The van der Waals surface area contributed by atoms with E-state index >= 15 is 0 Å². The van der Waals surface area contributed by atoms with Gasteiger partial charge in [0.2, 0.25) is 0 Å². The minimum Gasteiger partial charge on any atom is -0.364 e. The first-order valence-corrected chi connectivity index (χ1v) is 5.85. The third kappa shape index (κ3) is 1.21. The maximum absolute atomic E-state index is 4.23. The second kappa shape index (κ2) is 3.46. The number of nitrogens with one attached hydrogen (secondary N) is 1. The predicted molar refractivity (Wildman–Crippen MR) is 70.3 cm³/mol. The maximum atomic E-state index is 4.23. The second-order valence-corrected chi connectivity index (χ2v) is 4.22. The van der Waals surface area contributed by atoms with Gasteiger partial charge in [-0.2, -0.15) is 0 Å². The lowest BCUT2D eigenvalue weighted by atomic mass is 10.3. The third-order valence-corrected chi connectivity index (χ3v) is 3.16. The monoisotopic (exact) mass is 237 g/mol. The highest BCUT2D eigenvalue weighted by atomic mass is 15.7. The van der Waals surface area contributed by atoms with E-state index in [1.165, 1.54) is 0 Å². The Morgan fingerprint density at radius 3 is 2.83 bits per heavy atom. The van der Waals surface area contributed by atoms with Gasteiger partial charge in [-0.3, -0.25) is 0 Å². The largest absolute Gasteiger partial charge is 0.364 e. The molecule has 0 saturated heterocycles. The summed E-state index contributed by atoms with van der Waals surface area (Å²) < 4.78 is 0. The molecule has 0 unspecified atom stereocenters. The Balaban J connectivity index is 1.90. The molecule has 0 fully saturated rings. The van der Waals surface area contributed by atoms with Crippen LogP contribution in [-0.4, -0.2) is 21.8 Å². The molecule has 5 nitrogen and oxygen atoms in total. The van der Waals surface area contributed by atoms with Gasteiger partial charge in [-0.25, -0.2) is 5.01 Å². The van der Waals surface area contributed by atoms with Crippen LogP contribution in [0.1, 0.15) is 0 Å². The van der Waals surface area contributed by atoms with E-state index in [1.54, 1.807) is 0 Å². The minimum atomic E-state index is 0.701. The van der Waals surface area contributed by atoms with Crippen molar-refractivity contribution in [3.05, 3.63) is 48.5 Å². The zero-order valence-corrected chi connectivity index (χ0v) is 9.61. The van der Waals surface area contributed by atoms with Gasteiger partial charge in [-0.1, -0.05) is 24.3 Å². The fraction of sp³-hybridized carbons (Fsp3) is 0.0769. The van der Waals surface area contributed by atoms with Gasteiger partial charge in [-0.05, 0) is 29.5 Å². The van der Waals surface area contributed by atoms with Crippen LogP contribution in [0.4, 0.5) is 11.4 Å². The molecular formula is C13H11N5. The highest BCUT2D eigenvalue weighted by molar-refractivity contribution is 5.79. The van der Waals surface area contributed by atoms with Crippen molar-refractivity contribution in [2.45, 2.75) is 0 Å². The first kappa shape index (κ1) is 9.47. The Morgan fingerprint density at radius 1 is 1.00 bits per heavy atom. The number of hydrogen-bond acceptors (Lipinski definition) is 4. The van der Waals surface area contributed by atoms with E-state index < -0.39 is 0 Å². The topological polar surface area (TPSA) is 46.0 Å². The van der Waals surface area contributed by atoms with Gasteiger partial charge in [0.15, 0.2) is 0 Å². The van der Waals surface area contributed by atoms with E-state index in [9.17, 15) is 0 Å². The second-order valence-electron chi connectivity index (χ2n) is 4.22. The van der Waals surface area contributed by atoms with Crippen molar-refractivity contribution in [3.63, 3.8) is 0 Å². The molecule has 0 aliphatic carbocycles. The molecule has 18 heavy (non-hydrogen) atoms. The summed E-state index contributed by atoms with van der Waals surface area (Å²) in [4.78, 5) is 1.84. The quantitative estimate of drug-likeness (QED) is 0.704. The first-order chi connectivity index (χ1) is 8.93. The fourth-order valence-electron chi connectivity index (χ4n) is 2.30. The summed E-state index contributed by atoms with van der Waals surface area (Å²) >= 11 is 0. The zero-order valence-electron chi connectivity index (χ0n) is 9.61. The molecule has 0 radical (unpaired) electrons. The highest BCUT2D eigenvalue weighted by Gasteiger charge is 2.21. The average molecular weight is 237 g/mol. The summed E-state index contributed by atoms with van der Waals surface area (Å²) in [5, 5.41) is 13.8. The Bertz CT molecular complexity index is 718. The fourth-order valence-corrected chi connectivity index (χ4v) is 2.30. The van der Waals surface area contributed by atoms with Crippen molar-refractivity contribution < 1.29 is 0 Å². The lowest BCUT2D eigenvalue weighted by Gasteiger charge is -2.17. The Morgan fingerprint density at radius 2 is 1.83 bits per heavy atom. The minimum absolute atomic E-state index is 0.701. The van der Waals surface area contributed by atoms with Crippen LogP contribution in [0.5, 0.6) is 0 Å². The van der Waals surface area contributed by atoms with E-state index in [1.807, 2.05) is 41.2 Å². The SMILES string of the molecule is c1ccc2c(c1)NCN2n1nnc2ccccc21. The molecule has 3 aromatic rings. The molecule has 1 aliphatic rings. The van der Waals surface area contributed by atoms with Crippen molar-refractivity contribution in [2.75, 3.05) is 17.0 Å². The van der Waals surface area contributed by atoms with E-state index in [0.717, 1.165) is 22.4 Å². The highest BCUT2D eigenvalue weighted by Crippen LogP contribution is 2.31. The molecule has 0 spiro atoms. The Hall–Kier alpha value is -2.56. The number of nitrogens with zero attached hydrogens (tertiary/aromatic N) is 4. The van der Waals surface area contributed by atoms with Crippen LogP contribution in [0, 0.1) is 0 Å². The number of fused-ring (bicyclic) bond motifs is 2. The summed E-state index contributed by atoms with van der Waals surface area (Å²) in [5.74, 6) is 0. The maximum Gasteiger partial charge on any atom is 0.115 e. The van der Waals surface area contributed by atoms with Gasteiger partial charge in [0, 0.05) is 0 Å². The van der Waals surface area contributed by atoms with Gasteiger partial charge < -0.3 is 5.32 Å². The van der Waals surface area contributed by atoms with E-state index in [4.69, 9.17) is 0 Å². The predicted octanol–water partition coefficient (Wildman–Crippen LogP) is 2.08. The smallest absolute Gasteiger partial charge is 0.115 e. The summed E-state index contributed by atoms with van der Waals surface area (Å²) in [6.07, 6.45) is 0. The number of benzene rings is 2. The van der Waals surface area contributed by atoms with Crippen LogP contribution in [0.3, 0.4) is 0 Å². The molecule has 88 valence electrons. The molecule has 1 aromatic heterocycles. The van der Waals surface area contributed by atoms with E-state index in [0.29, 0.717) is 6.67 Å². The van der Waals surface area contributed by atoms with Gasteiger partial charge in [-0.15, -0.1) is 9.89 Å². The van der Waals surface area contributed by atoms with E-state index in [-0.39, 0.29) is 0 Å². The van der Waals surface area contributed by atoms with Crippen LogP contribution < -0.4 is 10.3 Å². The van der Waals surface area contributed by atoms with Gasteiger partial charge in [0.1, 0.15) is 17.7 Å². The lowest BCUT2D eigenvalue weighted by molar-refractivity contribution is 0.637. The van der Waals surface area contributed by atoms with Gasteiger partial charge in [0.05, 0.1) is 11.4 Å². The van der Waals surface area contributed by atoms with Crippen LogP contribution in [0.2, 0.25) is 0 Å². The molecular weight excluding hydrogens is 226 g/mol. The first-order valence-electron chi connectivity index (χ1n) is 5.85. The van der Waals surface area contributed by atoms with Crippen molar-refractivity contribution in [3.8, 4) is 0 Å². The van der Waals surface area contributed by atoms with Crippen molar-refractivity contribution in [1.82, 2.24) is 15.1 Å². The molecule has 4 rings (SSSR count). The number of hydrogen-bond donors (Lipinski definition) is 1. The van der Waals surface area contributed by atoms with Crippen LogP contribution >= 0.6 is 0 Å². The number of aromatic nitrogens is 3. The molecule has 1 N–H and O–H groups in total. The molecule has 2 heterocycles. The van der Waals surface area contributed by atoms with Crippen LogP contribution in [0.15, 0.2) is 48.5 Å². The summed E-state index contributed by atoms with van der Waals surface area (Å²) in [5.41, 5.74) is 4.16. The number of anilines is 2. The molecule has 0 atom stereocenters. The Kier molecular flexibility index (Phi) is 1.82. The van der Waals surface area contributed by atoms with Crippen molar-refractivity contribution >= 4 is 22.4 Å². The molecule has 1 aliphatic heterocycles. The number of para-hydroxylation sites is 3. The Labute approximate surface area is 104 Å². The van der Waals surface area contributed by atoms with Crippen LogP contribution in [0.25, 0.3) is 11.0 Å². The molecule has 0 bridgehead atoms. The molecule has 2 aromatic carbocycles. The van der Waals surface area contributed by atoms with Crippen molar-refractivity contribution in [2.24, 2.45) is 0 Å². The molecule has 5 heteroatoms. The summed E-state index contributed by atoms with van der Waals surface area (Å²) in [6, 6.07) is 16.1. The number of rotatable bonds is 1. The zero-order chi connectivity index (χ0) is 11.9. The molecule has 0 saturated carbocycles. The van der Waals surface area contributed by atoms with Gasteiger partial charge >= 0.3 is 0 Å². The van der Waals surface area contributed by atoms with Gasteiger partial charge in [0.25, 0.3) is 0 Å². The standard InChI is InChI=1S/C13H11N5/c1-3-7-12-10(5-1)14-9-17(12)18-13-8-4-2-6-11(13)15-16-18/h1-8,14H,9H2. The summed E-state index contributed by atoms with van der Waals surface area (Å²) in [7, 11) is 0. The average Bonchev–Trinajstić information content (AvgIpc) is 3.01. The third-order valence-electron chi connectivity index (χ3n) is 3.16. The van der Waals surface area contributed by atoms with Crippen LogP contribution in [-0.2, 0) is 0 Å². The lowest BCUT2D eigenvalue weighted by Crippen LogP contribution is -2.30. The van der Waals surface area contributed by atoms with E-state index in [2.05, 4.69) is 32.8 Å².